The topological polar surface area (TPSA) is 49.3 Å². The predicted molar refractivity (Wildman–Crippen MR) is 79.6 cm³/mol. The fourth-order valence-corrected chi connectivity index (χ4v) is 2.44. The lowest BCUT2D eigenvalue weighted by molar-refractivity contribution is -0.139. The van der Waals surface area contributed by atoms with E-state index >= 15 is 0 Å². The van der Waals surface area contributed by atoms with Crippen LogP contribution in [0.5, 0.6) is 0 Å². The molecule has 1 amide bonds. The van der Waals surface area contributed by atoms with E-state index < -0.39 is 0 Å². The van der Waals surface area contributed by atoms with Crippen LogP contribution < -0.4 is 4.90 Å². The van der Waals surface area contributed by atoms with Gasteiger partial charge in [-0.05, 0) is 19.4 Å². The van der Waals surface area contributed by atoms with Crippen LogP contribution >= 0.6 is 0 Å². The molecule has 110 valence electrons. The van der Waals surface area contributed by atoms with Crippen molar-refractivity contribution in [3.63, 3.8) is 0 Å². The van der Waals surface area contributed by atoms with Gasteiger partial charge in [-0.25, -0.2) is 9.97 Å². The van der Waals surface area contributed by atoms with E-state index in [2.05, 4.69) is 14.9 Å². The Hall–Kier alpha value is -1.65. The Morgan fingerprint density at radius 1 is 1.20 bits per heavy atom. The van der Waals surface area contributed by atoms with Crippen molar-refractivity contribution < 1.29 is 4.79 Å². The van der Waals surface area contributed by atoms with Crippen molar-refractivity contribution in [2.75, 3.05) is 31.1 Å². The second kappa shape index (κ2) is 5.77. The number of rotatable bonds is 1. The minimum Gasteiger partial charge on any atom is -0.355 e. The van der Waals surface area contributed by atoms with E-state index in [4.69, 9.17) is 0 Å². The molecule has 1 aliphatic rings. The van der Waals surface area contributed by atoms with E-state index in [1.54, 1.807) is 6.20 Å². The van der Waals surface area contributed by atoms with E-state index in [1.807, 2.05) is 38.7 Å². The van der Waals surface area contributed by atoms with Crippen molar-refractivity contribution in [2.45, 2.75) is 34.1 Å². The quantitative estimate of drug-likeness (QED) is 0.785. The van der Waals surface area contributed by atoms with Crippen molar-refractivity contribution in [2.24, 2.45) is 5.41 Å². The summed E-state index contributed by atoms with van der Waals surface area (Å²) in [5, 5.41) is 0. The number of nitrogens with zero attached hydrogens (tertiary/aromatic N) is 4. The molecule has 20 heavy (non-hydrogen) atoms. The molecule has 1 saturated heterocycles. The number of aryl methyl sites for hydroxylation is 1. The summed E-state index contributed by atoms with van der Waals surface area (Å²) in [7, 11) is 0. The number of amides is 1. The number of hydrogen-bond donors (Lipinski definition) is 0. The average molecular weight is 276 g/mol. The van der Waals surface area contributed by atoms with Gasteiger partial charge in [-0.3, -0.25) is 4.79 Å². The summed E-state index contributed by atoms with van der Waals surface area (Å²) in [6.07, 6.45) is 2.77. The standard InChI is InChI=1S/C15H24N4O/c1-12-16-7-6-13(17-12)18-8-5-9-19(11-10-18)14(20)15(2,3)4/h6-7H,5,8-11H2,1-4H3. The maximum Gasteiger partial charge on any atom is 0.228 e. The van der Waals surface area contributed by atoms with Gasteiger partial charge >= 0.3 is 0 Å². The first kappa shape index (κ1) is 14.8. The first-order chi connectivity index (χ1) is 9.38. The molecule has 2 rings (SSSR count). The second-order valence-corrected chi connectivity index (χ2v) is 6.34. The van der Waals surface area contributed by atoms with Crippen LogP contribution in [0, 0.1) is 12.3 Å². The van der Waals surface area contributed by atoms with Crippen LogP contribution in [0.4, 0.5) is 5.82 Å². The third kappa shape index (κ3) is 3.46. The van der Waals surface area contributed by atoms with Crippen LogP contribution in [-0.2, 0) is 4.79 Å². The zero-order valence-corrected chi connectivity index (χ0v) is 12.9. The first-order valence-electron chi connectivity index (χ1n) is 7.22. The predicted octanol–water partition coefficient (Wildman–Crippen LogP) is 1.87. The SMILES string of the molecule is Cc1nccc(N2CCCN(C(=O)C(C)(C)C)CC2)n1. The molecule has 0 saturated carbocycles. The summed E-state index contributed by atoms with van der Waals surface area (Å²) in [4.78, 5) is 25.2. The molecular formula is C15H24N4O. The van der Waals surface area contributed by atoms with Gasteiger partial charge < -0.3 is 9.80 Å². The summed E-state index contributed by atoms with van der Waals surface area (Å²) in [5.74, 6) is 1.98. The van der Waals surface area contributed by atoms with Crippen LogP contribution in [0.1, 0.15) is 33.0 Å². The molecule has 5 heteroatoms. The molecule has 5 nitrogen and oxygen atoms in total. The Kier molecular flexibility index (Phi) is 4.26. The van der Waals surface area contributed by atoms with Gasteiger partial charge in [0, 0.05) is 37.8 Å². The third-order valence-electron chi connectivity index (χ3n) is 3.51. The monoisotopic (exact) mass is 276 g/mol. The van der Waals surface area contributed by atoms with Gasteiger partial charge in [0.1, 0.15) is 11.6 Å². The number of carbonyl (C=O) groups is 1. The molecule has 0 radical (unpaired) electrons. The van der Waals surface area contributed by atoms with Crippen molar-refractivity contribution >= 4 is 11.7 Å². The van der Waals surface area contributed by atoms with Crippen molar-refractivity contribution in [1.29, 1.82) is 0 Å². The van der Waals surface area contributed by atoms with Gasteiger partial charge in [0.2, 0.25) is 5.91 Å². The maximum absolute atomic E-state index is 12.4. The van der Waals surface area contributed by atoms with Gasteiger partial charge in [0.15, 0.2) is 0 Å². The molecule has 0 spiro atoms. The maximum atomic E-state index is 12.4. The van der Waals surface area contributed by atoms with Crippen molar-refractivity contribution in [3.8, 4) is 0 Å². The minimum absolute atomic E-state index is 0.234. The van der Waals surface area contributed by atoms with Crippen LogP contribution in [0.25, 0.3) is 0 Å². The molecule has 0 aromatic carbocycles. The number of carbonyl (C=O) groups excluding carboxylic acids is 1. The number of anilines is 1. The molecule has 1 aromatic heterocycles. The summed E-state index contributed by atoms with van der Waals surface area (Å²) in [6.45, 7) is 11.2. The van der Waals surface area contributed by atoms with Crippen LogP contribution in [0.2, 0.25) is 0 Å². The Balaban J connectivity index is 2.04. The van der Waals surface area contributed by atoms with Gasteiger partial charge in [0.05, 0.1) is 0 Å². The number of aromatic nitrogens is 2. The molecule has 0 unspecified atom stereocenters. The lowest BCUT2D eigenvalue weighted by Crippen LogP contribution is -2.41. The van der Waals surface area contributed by atoms with Crippen LogP contribution in [0.15, 0.2) is 12.3 Å². The third-order valence-corrected chi connectivity index (χ3v) is 3.51. The smallest absolute Gasteiger partial charge is 0.228 e. The van der Waals surface area contributed by atoms with Crippen molar-refractivity contribution in [1.82, 2.24) is 14.9 Å². The Morgan fingerprint density at radius 3 is 2.60 bits per heavy atom. The van der Waals surface area contributed by atoms with Gasteiger partial charge in [0.25, 0.3) is 0 Å². The Bertz CT molecular complexity index is 481. The molecule has 0 aliphatic carbocycles. The highest BCUT2D eigenvalue weighted by molar-refractivity contribution is 5.81. The van der Waals surface area contributed by atoms with Gasteiger partial charge in [-0.1, -0.05) is 20.8 Å². The first-order valence-corrected chi connectivity index (χ1v) is 7.22. The highest BCUT2D eigenvalue weighted by Gasteiger charge is 2.28. The van der Waals surface area contributed by atoms with Crippen LogP contribution in [-0.4, -0.2) is 47.0 Å². The van der Waals surface area contributed by atoms with E-state index in [1.165, 1.54) is 0 Å². The van der Waals surface area contributed by atoms with E-state index in [0.717, 1.165) is 44.2 Å². The molecule has 1 aliphatic heterocycles. The zero-order chi connectivity index (χ0) is 14.8. The largest absolute Gasteiger partial charge is 0.355 e. The zero-order valence-electron chi connectivity index (χ0n) is 12.9. The van der Waals surface area contributed by atoms with E-state index in [9.17, 15) is 4.79 Å². The highest BCUT2D eigenvalue weighted by atomic mass is 16.2. The summed E-state index contributed by atoms with van der Waals surface area (Å²) >= 11 is 0. The molecule has 2 heterocycles. The Labute approximate surface area is 121 Å². The molecule has 0 atom stereocenters. The number of hydrogen-bond acceptors (Lipinski definition) is 4. The lowest BCUT2D eigenvalue weighted by Gasteiger charge is -2.28. The normalized spacial score (nSPS) is 17.0. The van der Waals surface area contributed by atoms with Gasteiger partial charge in [-0.15, -0.1) is 0 Å². The summed E-state index contributed by atoms with van der Waals surface area (Å²) in [6, 6.07) is 1.94. The molecular weight excluding hydrogens is 252 g/mol. The van der Waals surface area contributed by atoms with E-state index in [0.29, 0.717) is 0 Å². The van der Waals surface area contributed by atoms with E-state index in [-0.39, 0.29) is 11.3 Å². The molecule has 0 bridgehead atoms. The Morgan fingerprint density at radius 2 is 1.95 bits per heavy atom. The molecule has 0 N–H and O–H groups in total. The van der Waals surface area contributed by atoms with Gasteiger partial charge in [-0.2, -0.15) is 0 Å². The minimum atomic E-state index is -0.305. The second-order valence-electron chi connectivity index (χ2n) is 6.34. The van der Waals surface area contributed by atoms with Crippen LogP contribution in [0.3, 0.4) is 0 Å². The highest BCUT2D eigenvalue weighted by Crippen LogP contribution is 2.20. The lowest BCUT2D eigenvalue weighted by atomic mass is 9.94. The summed E-state index contributed by atoms with van der Waals surface area (Å²) in [5.41, 5.74) is -0.305. The summed E-state index contributed by atoms with van der Waals surface area (Å²) < 4.78 is 0. The molecule has 1 aromatic rings. The fourth-order valence-electron chi connectivity index (χ4n) is 2.44. The fraction of sp³-hybridized carbons (Fsp3) is 0.667. The average Bonchev–Trinajstić information content (AvgIpc) is 2.62. The molecule has 1 fully saturated rings. The van der Waals surface area contributed by atoms with Crippen molar-refractivity contribution in [3.05, 3.63) is 18.1 Å².